The van der Waals surface area contributed by atoms with Crippen LogP contribution in [0.25, 0.3) is 0 Å². The van der Waals surface area contributed by atoms with Gasteiger partial charge >= 0.3 is 0 Å². The van der Waals surface area contributed by atoms with E-state index < -0.39 is 0 Å². The van der Waals surface area contributed by atoms with Gasteiger partial charge in [-0.25, -0.2) is 4.98 Å². The fourth-order valence-corrected chi connectivity index (χ4v) is 2.13. The number of carbonyl (C=O) groups excluding carboxylic acids is 1. The lowest BCUT2D eigenvalue weighted by Crippen LogP contribution is -2.14. The minimum atomic E-state index is -0.121. The minimum absolute atomic E-state index is 0.121. The fraction of sp³-hybridized carbons (Fsp3) is 0.250. The van der Waals surface area contributed by atoms with Crippen LogP contribution in [-0.4, -0.2) is 17.9 Å². The Labute approximate surface area is 119 Å². The molecule has 4 nitrogen and oxygen atoms in total. The lowest BCUT2D eigenvalue weighted by Gasteiger charge is -2.12. The van der Waals surface area contributed by atoms with Crippen LogP contribution in [0.3, 0.4) is 0 Å². The third-order valence-electron chi connectivity index (χ3n) is 3.19. The molecule has 0 fully saturated rings. The van der Waals surface area contributed by atoms with Crippen molar-refractivity contribution in [2.75, 3.05) is 17.7 Å². The van der Waals surface area contributed by atoms with Crippen LogP contribution in [0.15, 0.2) is 30.3 Å². The molecule has 0 saturated carbocycles. The van der Waals surface area contributed by atoms with E-state index in [9.17, 15) is 4.79 Å². The third kappa shape index (κ3) is 2.96. The largest absolute Gasteiger partial charge is 0.373 e. The van der Waals surface area contributed by atoms with Crippen molar-refractivity contribution in [3.63, 3.8) is 0 Å². The zero-order valence-corrected chi connectivity index (χ0v) is 12.2. The average Bonchev–Trinajstić information content (AvgIpc) is 2.42. The van der Waals surface area contributed by atoms with Gasteiger partial charge in [0.2, 0.25) is 0 Å². The molecule has 2 aromatic rings. The van der Waals surface area contributed by atoms with Crippen LogP contribution in [0, 0.1) is 20.8 Å². The highest BCUT2D eigenvalue weighted by atomic mass is 16.1. The Balaban J connectivity index is 2.31. The molecule has 0 aliphatic carbocycles. The summed E-state index contributed by atoms with van der Waals surface area (Å²) in [7, 11) is 1.79. The second kappa shape index (κ2) is 5.74. The molecule has 0 radical (unpaired) electrons. The topological polar surface area (TPSA) is 54.0 Å². The number of amides is 1. The number of aromatic nitrogens is 1. The van der Waals surface area contributed by atoms with E-state index in [4.69, 9.17) is 0 Å². The summed E-state index contributed by atoms with van der Waals surface area (Å²) in [5.74, 6) is 0.570. The van der Waals surface area contributed by atoms with Gasteiger partial charge in [-0.3, -0.25) is 4.79 Å². The summed E-state index contributed by atoms with van der Waals surface area (Å²) >= 11 is 0. The zero-order chi connectivity index (χ0) is 14.7. The molecular weight excluding hydrogens is 250 g/mol. The number of pyridine rings is 1. The second-order valence-electron chi connectivity index (χ2n) is 4.85. The van der Waals surface area contributed by atoms with Gasteiger partial charge in [-0.2, -0.15) is 0 Å². The molecule has 1 amide bonds. The molecule has 0 spiro atoms. The van der Waals surface area contributed by atoms with E-state index in [-0.39, 0.29) is 5.91 Å². The third-order valence-corrected chi connectivity index (χ3v) is 3.19. The zero-order valence-electron chi connectivity index (χ0n) is 12.2. The Morgan fingerprint density at radius 2 is 1.75 bits per heavy atom. The first-order chi connectivity index (χ1) is 9.51. The molecule has 0 saturated heterocycles. The number of hydrogen-bond acceptors (Lipinski definition) is 3. The normalized spacial score (nSPS) is 10.2. The van der Waals surface area contributed by atoms with E-state index in [1.165, 1.54) is 0 Å². The smallest absolute Gasteiger partial charge is 0.255 e. The van der Waals surface area contributed by atoms with Crippen molar-refractivity contribution in [3.8, 4) is 0 Å². The van der Waals surface area contributed by atoms with Crippen LogP contribution in [0.5, 0.6) is 0 Å². The van der Waals surface area contributed by atoms with Gasteiger partial charge in [-0.15, -0.1) is 0 Å². The summed E-state index contributed by atoms with van der Waals surface area (Å²) in [5.41, 5.74) is 4.39. The molecule has 20 heavy (non-hydrogen) atoms. The minimum Gasteiger partial charge on any atom is -0.373 e. The van der Waals surface area contributed by atoms with Gasteiger partial charge in [0, 0.05) is 24.0 Å². The van der Waals surface area contributed by atoms with Crippen molar-refractivity contribution >= 4 is 17.4 Å². The summed E-state index contributed by atoms with van der Waals surface area (Å²) in [4.78, 5) is 16.7. The molecule has 104 valence electrons. The molecule has 2 N–H and O–H groups in total. The van der Waals surface area contributed by atoms with Gasteiger partial charge in [-0.05, 0) is 44.0 Å². The molecule has 4 heteroatoms. The van der Waals surface area contributed by atoms with E-state index in [2.05, 4.69) is 15.6 Å². The molecular formula is C16H19N3O. The highest BCUT2D eigenvalue weighted by Gasteiger charge is 2.11. The quantitative estimate of drug-likeness (QED) is 0.899. The average molecular weight is 269 g/mol. The maximum Gasteiger partial charge on any atom is 0.255 e. The number of benzene rings is 1. The molecule has 2 rings (SSSR count). The lowest BCUT2D eigenvalue weighted by molar-refractivity contribution is 0.102. The Bertz CT molecular complexity index is 630. The number of hydrogen-bond donors (Lipinski definition) is 2. The summed E-state index contributed by atoms with van der Waals surface area (Å²) in [6.45, 7) is 5.84. The number of carbonyl (C=O) groups is 1. The Hall–Kier alpha value is -2.36. The number of nitrogens with zero attached hydrogens (tertiary/aromatic N) is 1. The van der Waals surface area contributed by atoms with Crippen molar-refractivity contribution in [2.24, 2.45) is 0 Å². The van der Waals surface area contributed by atoms with E-state index in [1.807, 2.05) is 39.0 Å². The van der Waals surface area contributed by atoms with E-state index in [1.54, 1.807) is 19.2 Å². The Kier molecular flexibility index (Phi) is 4.03. The molecule has 0 atom stereocenters. The van der Waals surface area contributed by atoms with Crippen LogP contribution in [0.1, 0.15) is 27.2 Å². The molecule has 0 bridgehead atoms. The van der Waals surface area contributed by atoms with Crippen LogP contribution in [0.4, 0.5) is 11.5 Å². The monoisotopic (exact) mass is 269 g/mol. The van der Waals surface area contributed by atoms with Gasteiger partial charge in [0.15, 0.2) is 0 Å². The van der Waals surface area contributed by atoms with Gasteiger partial charge in [0.05, 0.1) is 0 Å². The van der Waals surface area contributed by atoms with Crippen LogP contribution in [-0.2, 0) is 0 Å². The second-order valence-corrected chi connectivity index (χ2v) is 4.85. The highest BCUT2D eigenvalue weighted by molar-refractivity contribution is 6.05. The molecule has 1 heterocycles. The maximum absolute atomic E-state index is 12.4. The van der Waals surface area contributed by atoms with E-state index >= 15 is 0 Å². The SMILES string of the molecule is CNc1cc(C(=O)Nc2c(C)cccc2C)cc(C)n1. The van der Waals surface area contributed by atoms with Crippen molar-refractivity contribution in [1.82, 2.24) is 4.98 Å². The number of aryl methyl sites for hydroxylation is 3. The predicted molar refractivity (Wildman–Crippen MR) is 82.4 cm³/mol. The van der Waals surface area contributed by atoms with E-state index in [0.29, 0.717) is 11.4 Å². The summed E-state index contributed by atoms with van der Waals surface area (Å²) in [6, 6.07) is 9.48. The van der Waals surface area contributed by atoms with Crippen molar-refractivity contribution in [3.05, 3.63) is 52.7 Å². The first-order valence-corrected chi connectivity index (χ1v) is 6.55. The van der Waals surface area contributed by atoms with E-state index in [0.717, 1.165) is 22.5 Å². The molecule has 1 aromatic carbocycles. The predicted octanol–water partition coefficient (Wildman–Crippen LogP) is 3.30. The van der Waals surface area contributed by atoms with Gasteiger partial charge in [0.1, 0.15) is 5.82 Å². The first kappa shape index (κ1) is 14.1. The lowest BCUT2D eigenvalue weighted by atomic mass is 10.1. The van der Waals surface area contributed by atoms with Crippen LogP contribution >= 0.6 is 0 Å². The molecule has 0 unspecified atom stereocenters. The van der Waals surface area contributed by atoms with Crippen LogP contribution < -0.4 is 10.6 Å². The molecule has 1 aromatic heterocycles. The standard InChI is InChI=1S/C16H19N3O/c1-10-6-5-7-11(2)15(10)19-16(20)13-8-12(3)18-14(9-13)17-4/h5-9H,1-4H3,(H,17,18)(H,19,20). The number of para-hydroxylation sites is 1. The number of rotatable bonds is 3. The van der Waals surface area contributed by atoms with Gasteiger partial charge < -0.3 is 10.6 Å². The maximum atomic E-state index is 12.4. The summed E-state index contributed by atoms with van der Waals surface area (Å²) in [6.07, 6.45) is 0. The van der Waals surface area contributed by atoms with Crippen LogP contribution in [0.2, 0.25) is 0 Å². The Morgan fingerprint density at radius 3 is 2.35 bits per heavy atom. The number of nitrogens with one attached hydrogen (secondary N) is 2. The highest BCUT2D eigenvalue weighted by Crippen LogP contribution is 2.21. The molecule has 0 aliphatic rings. The fourth-order valence-electron chi connectivity index (χ4n) is 2.13. The van der Waals surface area contributed by atoms with Gasteiger partial charge in [-0.1, -0.05) is 18.2 Å². The van der Waals surface area contributed by atoms with Crippen molar-refractivity contribution in [2.45, 2.75) is 20.8 Å². The summed E-state index contributed by atoms with van der Waals surface area (Å²) in [5, 5.41) is 5.94. The number of anilines is 2. The van der Waals surface area contributed by atoms with Crippen molar-refractivity contribution in [1.29, 1.82) is 0 Å². The summed E-state index contributed by atoms with van der Waals surface area (Å²) < 4.78 is 0. The Morgan fingerprint density at radius 1 is 1.10 bits per heavy atom. The first-order valence-electron chi connectivity index (χ1n) is 6.55. The van der Waals surface area contributed by atoms with Gasteiger partial charge in [0.25, 0.3) is 5.91 Å². The van der Waals surface area contributed by atoms with Crippen molar-refractivity contribution < 1.29 is 4.79 Å². The molecule has 0 aliphatic heterocycles.